The van der Waals surface area contributed by atoms with Crippen LogP contribution in [0, 0.1) is 13.8 Å². The van der Waals surface area contributed by atoms with E-state index in [0.29, 0.717) is 33.4 Å². The van der Waals surface area contributed by atoms with E-state index in [0.717, 1.165) is 5.56 Å². The first kappa shape index (κ1) is 28.0. The van der Waals surface area contributed by atoms with Crippen LogP contribution in [0.15, 0.2) is 44.7 Å². The molecular weight excluding hydrogens is 518 g/mol. The van der Waals surface area contributed by atoms with Gasteiger partial charge in [-0.3, -0.25) is 19.3 Å². The molecule has 10 nitrogen and oxygen atoms in total. The minimum Gasteiger partial charge on any atom is -0.455 e. The van der Waals surface area contributed by atoms with E-state index in [1.54, 1.807) is 19.1 Å². The Morgan fingerprint density at radius 1 is 1.35 bits per heavy atom. The molecule has 0 aliphatic rings. The zero-order valence-corrected chi connectivity index (χ0v) is 22.4. The van der Waals surface area contributed by atoms with Gasteiger partial charge in [-0.1, -0.05) is 17.7 Å². The number of fused-ring (bicyclic) bond motifs is 1. The van der Waals surface area contributed by atoms with Gasteiger partial charge < -0.3 is 20.6 Å². The molecule has 12 heteroatoms. The van der Waals surface area contributed by atoms with E-state index in [9.17, 15) is 13.8 Å². The van der Waals surface area contributed by atoms with Gasteiger partial charge in [0.2, 0.25) is 0 Å². The lowest BCUT2D eigenvalue weighted by atomic mass is 9.99. The van der Waals surface area contributed by atoms with Gasteiger partial charge in [-0.15, -0.1) is 0 Å². The molecule has 0 radical (unpaired) electrons. The minimum atomic E-state index is -1.60. The number of nitrogens with zero attached hydrogens (tertiary/aromatic N) is 2. The average Bonchev–Trinajstić information content (AvgIpc) is 2.85. The number of carbonyl (C=O) groups is 1. The molecule has 0 spiro atoms. The number of nitrogens with one attached hydrogen (secondary N) is 2. The highest BCUT2D eigenvalue weighted by atomic mass is 35.5. The standard InChI is InChI=1S/C25H28ClN5O5S/c1-13-9-17(15(3)29-19-5-6-20(26)30-21(19)25(34)31-37(4)35)24-18(10-13)22(33)14(2)23(36-24)16(11-27)12-28-7-8-32/h5-6,9-12,15,29,32H,7-8,27H2,1-4H3,(H,31,34)/b16-11+,28-12?. The molecule has 0 saturated carbocycles. The van der Waals surface area contributed by atoms with Crippen molar-refractivity contribution in [3.63, 3.8) is 0 Å². The van der Waals surface area contributed by atoms with Gasteiger partial charge in [-0.25, -0.2) is 9.19 Å². The number of aliphatic hydroxyl groups excluding tert-OH is 1. The van der Waals surface area contributed by atoms with Crippen LogP contribution >= 0.6 is 11.6 Å². The molecule has 196 valence electrons. The summed E-state index contributed by atoms with van der Waals surface area (Å²) in [6, 6.07) is 6.28. The molecule has 5 N–H and O–H groups in total. The molecule has 0 aliphatic heterocycles. The van der Waals surface area contributed by atoms with Crippen LogP contribution in [0.2, 0.25) is 5.15 Å². The van der Waals surface area contributed by atoms with E-state index in [1.165, 1.54) is 24.7 Å². The minimum absolute atomic E-state index is 0.0297. The van der Waals surface area contributed by atoms with Crippen molar-refractivity contribution in [2.75, 3.05) is 24.7 Å². The Bertz CT molecular complexity index is 1480. The molecule has 0 aliphatic carbocycles. The molecule has 2 atom stereocenters. The Kier molecular flexibility index (Phi) is 9.19. The van der Waals surface area contributed by atoms with Crippen molar-refractivity contribution in [2.45, 2.75) is 26.8 Å². The average molecular weight is 546 g/mol. The topological polar surface area (TPSA) is 160 Å². The number of allylic oxidation sites excluding steroid dienone is 1. The van der Waals surface area contributed by atoms with E-state index in [-0.39, 0.29) is 35.2 Å². The first-order chi connectivity index (χ1) is 17.6. The molecule has 2 unspecified atom stereocenters. The van der Waals surface area contributed by atoms with Gasteiger partial charge in [0.15, 0.2) is 11.1 Å². The van der Waals surface area contributed by atoms with Gasteiger partial charge in [0, 0.05) is 29.8 Å². The molecule has 3 rings (SSSR count). The predicted molar refractivity (Wildman–Crippen MR) is 147 cm³/mol. The van der Waals surface area contributed by atoms with Crippen molar-refractivity contribution >= 4 is 56.9 Å². The fourth-order valence-corrected chi connectivity index (χ4v) is 4.28. The molecule has 0 saturated heterocycles. The fraction of sp³-hybridized carbons (Fsp3) is 0.280. The monoisotopic (exact) mass is 545 g/mol. The molecule has 2 heterocycles. The Hall–Kier alpha value is -3.54. The second-order valence-corrected chi connectivity index (χ2v) is 9.78. The highest BCUT2D eigenvalue weighted by Gasteiger charge is 2.22. The summed E-state index contributed by atoms with van der Waals surface area (Å²) in [6.07, 6.45) is 4.07. The number of hydrogen-bond donors (Lipinski definition) is 4. The Balaban J connectivity index is 2.14. The number of halogens is 1. The number of rotatable bonds is 9. The van der Waals surface area contributed by atoms with Crippen molar-refractivity contribution in [1.82, 2.24) is 9.71 Å². The molecule has 1 aromatic carbocycles. The van der Waals surface area contributed by atoms with Crippen LogP contribution in [-0.2, 0) is 11.0 Å². The number of aromatic nitrogens is 1. The maximum absolute atomic E-state index is 13.3. The zero-order valence-electron chi connectivity index (χ0n) is 20.8. The molecule has 0 bridgehead atoms. The number of aliphatic hydroxyl groups is 1. The normalized spacial score (nSPS) is 13.6. The second-order valence-electron chi connectivity index (χ2n) is 8.28. The number of carbonyl (C=O) groups excluding carboxylic acids is 1. The fourth-order valence-electron chi connectivity index (χ4n) is 3.78. The third-order valence-corrected chi connectivity index (χ3v) is 6.13. The highest BCUT2D eigenvalue weighted by molar-refractivity contribution is 7.82. The number of nitrogens with two attached hydrogens (primary N) is 1. The summed E-state index contributed by atoms with van der Waals surface area (Å²) < 4.78 is 20.1. The van der Waals surface area contributed by atoms with Gasteiger partial charge >= 0.3 is 0 Å². The van der Waals surface area contributed by atoms with E-state index < -0.39 is 22.9 Å². The smallest absolute Gasteiger partial charge is 0.283 e. The van der Waals surface area contributed by atoms with E-state index in [1.807, 2.05) is 19.9 Å². The van der Waals surface area contributed by atoms with Gasteiger partial charge in [0.1, 0.15) is 27.5 Å². The number of benzene rings is 1. The van der Waals surface area contributed by atoms with Crippen molar-refractivity contribution in [3.8, 4) is 0 Å². The molecule has 37 heavy (non-hydrogen) atoms. The number of hydrogen-bond acceptors (Lipinski definition) is 9. The van der Waals surface area contributed by atoms with Gasteiger partial charge in [0.25, 0.3) is 5.91 Å². The van der Waals surface area contributed by atoms with E-state index in [2.05, 4.69) is 20.0 Å². The van der Waals surface area contributed by atoms with Crippen LogP contribution in [0.3, 0.4) is 0 Å². The Labute approximate surface area is 221 Å². The lowest BCUT2D eigenvalue weighted by Crippen LogP contribution is -2.27. The summed E-state index contributed by atoms with van der Waals surface area (Å²) in [4.78, 5) is 34.1. The lowest BCUT2D eigenvalue weighted by molar-refractivity contribution is 0.0979. The first-order valence-electron chi connectivity index (χ1n) is 11.3. The van der Waals surface area contributed by atoms with Crippen molar-refractivity contribution in [1.29, 1.82) is 0 Å². The van der Waals surface area contributed by atoms with Crippen LogP contribution in [0.25, 0.3) is 16.5 Å². The lowest BCUT2D eigenvalue weighted by Gasteiger charge is -2.20. The van der Waals surface area contributed by atoms with Crippen LogP contribution in [0.1, 0.15) is 45.9 Å². The third kappa shape index (κ3) is 6.43. The molecular formula is C25H28ClN5O5S. The predicted octanol–water partition coefficient (Wildman–Crippen LogP) is 3.02. The maximum Gasteiger partial charge on any atom is 0.283 e. The Morgan fingerprint density at radius 2 is 2.08 bits per heavy atom. The highest BCUT2D eigenvalue weighted by Crippen LogP contribution is 2.31. The number of anilines is 1. The summed E-state index contributed by atoms with van der Waals surface area (Å²) in [6.45, 7) is 5.40. The third-order valence-electron chi connectivity index (χ3n) is 5.44. The zero-order chi connectivity index (χ0) is 27.3. The van der Waals surface area contributed by atoms with Crippen LogP contribution in [0.5, 0.6) is 0 Å². The SMILES string of the molecule is Cc1cc(C(C)Nc2ccc(Cl)nc2C(=O)NS(C)=O)c2oc(/C(C=NCCO)=C/N)c(C)c(=O)c2c1. The van der Waals surface area contributed by atoms with Crippen molar-refractivity contribution < 1.29 is 18.5 Å². The largest absolute Gasteiger partial charge is 0.455 e. The van der Waals surface area contributed by atoms with Crippen LogP contribution in [-0.4, -0.2) is 45.8 Å². The summed E-state index contributed by atoms with van der Waals surface area (Å²) in [5, 5.41) is 12.7. The number of pyridine rings is 1. The molecule has 0 fully saturated rings. The molecule has 3 aromatic rings. The van der Waals surface area contributed by atoms with E-state index >= 15 is 0 Å². The number of aryl methyl sites for hydroxylation is 1. The second kappa shape index (κ2) is 12.1. The van der Waals surface area contributed by atoms with Crippen LogP contribution < -0.4 is 21.2 Å². The summed E-state index contributed by atoms with van der Waals surface area (Å²) in [5.74, 6) is -0.394. The number of aliphatic imine (C=N–C) groups is 1. The van der Waals surface area contributed by atoms with Gasteiger partial charge in [-0.05, 0) is 44.5 Å². The van der Waals surface area contributed by atoms with Gasteiger partial charge in [-0.2, -0.15) is 0 Å². The summed E-state index contributed by atoms with van der Waals surface area (Å²) >= 11 is 6.00. The maximum atomic E-state index is 13.3. The summed E-state index contributed by atoms with van der Waals surface area (Å²) in [7, 11) is -1.60. The quantitative estimate of drug-likeness (QED) is 0.236. The van der Waals surface area contributed by atoms with Crippen molar-refractivity contribution in [2.24, 2.45) is 10.7 Å². The van der Waals surface area contributed by atoms with Crippen LogP contribution in [0.4, 0.5) is 5.69 Å². The van der Waals surface area contributed by atoms with Crippen molar-refractivity contribution in [3.05, 3.63) is 74.0 Å². The van der Waals surface area contributed by atoms with E-state index in [4.69, 9.17) is 26.9 Å². The number of amides is 1. The van der Waals surface area contributed by atoms with Gasteiger partial charge in [0.05, 0.1) is 35.8 Å². The summed E-state index contributed by atoms with van der Waals surface area (Å²) in [5.41, 5.74) is 8.49. The molecule has 1 amide bonds. The Morgan fingerprint density at radius 3 is 2.73 bits per heavy atom. The molecule has 2 aromatic heterocycles. The first-order valence-corrected chi connectivity index (χ1v) is 13.2.